The molecule has 0 bridgehead atoms. The lowest BCUT2D eigenvalue weighted by Crippen LogP contribution is -2.19. The molecular formula is C20H16BrN3O3. The van der Waals surface area contributed by atoms with Crippen LogP contribution in [0.15, 0.2) is 80.9 Å². The van der Waals surface area contributed by atoms with Crippen LogP contribution in [0, 0.1) is 0 Å². The molecule has 0 spiro atoms. The number of nitrogens with zero attached hydrogens (tertiary/aromatic N) is 1. The van der Waals surface area contributed by atoms with Gasteiger partial charge in [-0.1, -0.05) is 24.3 Å². The first-order valence-corrected chi connectivity index (χ1v) is 8.88. The minimum absolute atomic E-state index is 0.228. The van der Waals surface area contributed by atoms with E-state index < -0.39 is 0 Å². The van der Waals surface area contributed by atoms with Crippen molar-refractivity contribution < 1.29 is 14.0 Å². The van der Waals surface area contributed by atoms with Gasteiger partial charge in [0.15, 0.2) is 5.76 Å². The molecule has 0 atom stereocenters. The standard InChI is InChI=1S/C20H16BrN3O3/c1-13(23-24-19(25)16-8-2-3-9-17(16)21)14-6-4-7-15(12-14)22-20(26)18-10-5-11-27-18/h2-12H,1H3,(H,22,26)(H,24,25)/b23-13-. The van der Waals surface area contributed by atoms with E-state index in [-0.39, 0.29) is 17.6 Å². The predicted octanol–water partition coefficient (Wildman–Crippen LogP) is 4.45. The van der Waals surface area contributed by atoms with Crippen LogP contribution in [0.3, 0.4) is 0 Å². The largest absolute Gasteiger partial charge is 0.459 e. The molecule has 2 amide bonds. The summed E-state index contributed by atoms with van der Waals surface area (Å²) in [4.78, 5) is 24.3. The van der Waals surface area contributed by atoms with Crippen LogP contribution < -0.4 is 10.7 Å². The number of amides is 2. The van der Waals surface area contributed by atoms with Gasteiger partial charge in [-0.2, -0.15) is 5.10 Å². The van der Waals surface area contributed by atoms with Crippen LogP contribution in [0.1, 0.15) is 33.4 Å². The van der Waals surface area contributed by atoms with Gasteiger partial charge in [0.05, 0.1) is 17.5 Å². The van der Waals surface area contributed by atoms with E-state index in [1.165, 1.54) is 6.26 Å². The van der Waals surface area contributed by atoms with Crippen molar-refractivity contribution in [3.8, 4) is 0 Å². The van der Waals surface area contributed by atoms with Crippen molar-refractivity contribution in [2.45, 2.75) is 6.92 Å². The van der Waals surface area contributed by atoms with E-state index in [4.69, 9.17) is 4.42 Å². The number of benzene rings is 2. The lowest BCUT2D eigenvalue weighted by Gasteiger charge is -2.07. The first-order valence-electron chi connectivity index (χ1n) is 8.09. The molecule has 0 aliphatic carbocycles. The summed E-state index contributed by atoms with van der Waals surface area (Å²) in [6.07, 6.45) is 1.44. The van der Waals surface area contributed by atoms with E-state index in [2.05, 4.69) is 31.8 Å². The summed E-state index contributed by atoms with van der Waals surface area (Å²) in [6.45, 7) is 1.77. The molecule has 0 aliphatic heterocycles. The van der Waals surface area contributed by atoms with Gasteiger partial charge in [0.1, 0.15) is 0 Å². The molecule has 27 heavy (non-hydrogen) atoms. The monoisotopic (exact) mass is 425 g/mol. The molecule has 2 N–H and O–H groups in total. The second-order valence-corrected chi connectivity index (χ2v) is 6.48. The Morgan fingerprint density at radius 3 is 2.56 bits per heavy atom. The van der Waals surface area contributed by atoms with Crippen molar-refractivity contribution in [3.63, 3.8) is 0 Å². The van der Waals surface area contributed by atoms with E-state index in [0.29, 0.717) is 21.4 Å². The van der Waals surface area contributed by atoms with Crippen molar-refractivity contribution in [2.75, 3.05) is 5.32 Å². The number of hydrogen-bond donors (Lipinski definition) is 2. The lowest BCUT2D eigenvalue weighted by atomic mass is 10.1. The first kappa shape index (κ1) is 18.6. The summed E-state index contributed by atoms with van der Waals surface area (Å²) >= 11 is 3.34. The van der Waals surface area contributed by atoms with Crippen LogP contribution in [0.4, 0.5) is 5.69 Å². The SMILES string of the molecule is C/C(=N/NC(=O)c1ccccc1Br)c1cccc(NC(=O)c2ccco2)c1. The Morgan fingerprint density at radius 2 is 1.81 bits per heavy atom. The fourth-order valence-corrected chi connectivity index (χ4v) is 2.79. The summed E-state index contributed by atoms with van der Waals surface area (Å²) < 4.78 is 5.77. The third-order valence-electron chi connectivity index (χ3n) is 3.73. The maximum Gasteiger partial charge on any atom is 0.291 e. The fraction of sp³-hybridized carbons (Fsp3) is 0.0500. The van der Waals surface area contributed by atoms with Gasteiger partial charge >= 0.3 is 0 Å². The van der Waals surface area contributed by atoms with Crippen LogP contribution in [-0.2, 0) is 0 Å². The lowest BCUT2D eigenvalue weighted by molar-refractivity contribution is 0.0953. The Bertz CT molecular complexity index is 997. The number of nitrogens with one attached hydrogen (secondary N) is 2. The summed E-state index contributed by atoms with van der Waals surface area (Å²) in [6, 6.07) is 17.5. The van der Waals surface area contributed by atoms with Crippen molar-refractivity contribution in [1.82, 2.24) is 5.43 Å². The van der Waals surface area contributed by atoms with Crippen molar-refractivity contribution >= 4 is 39.1 Å². The smallest absolute Gasteiger partial charge is 0.291 e. The summed E-state index contributed by atoms with van der Waals surface area (Å²) in [7, 11) is 0. The number of furan rings is 1. The van der Waals surface area contributed by atoms with Crippen LogP contribution in [0.5, 0.6) is 0 Å². The van der Waals surface area contributed by atoms with Gasteiger partial charge in [-0.05, 0) is 64.8 Å². The predicted molar refractivity (Wildman–Crippen MR) is 107 cm³/mol. The minimum atomic E-state index is -0.339. The Hall–Kier alpha value is -3.19. The van der Waals surface area contributed by atoms with Crippen LogP contribution in [-0.4, -0.2) is 17.5 Å². The fourth-order valence-electron chi connectivity index (χ4n) is 2.33. The molecule has 3 aromatic rings. The highest BCUT2D eigenvalue weighted by Gasteiger charge is 2.10. The summed E-state index contributed by atoms with van der Waals surface area (Å²) in [5.41, 5.74) is 4.99. The molecule has 136 valence electrons. The quantitative estimate of drug-likeness (QED) is 0.467. The molecule has 0 saturated heterocycles. The molecule has 3 rings (SSSR count). The van der Waals surface area contributed by atoms with Crippen LogP contribution in [0.25, 0.3) is 0 Å². The zero-order valence-corrected chi connectivity index (χ0v) is 16.0. The highest BCUT2D eigenvalue weighted by molar-refractivity contribution is 9.10. The maximum atomic E-state index is 12.2. The molecule has 0 aliphatic rings. The van der Waals surface area contributed by atoms with E-state index in [9.17, 15) is 9.59 Å². The number of halogens is 1. The van der Waals surface area contributed by atoms with Gasteiger partial charge < -0.3 is 9.73 Å². The number of hydrogen-bond acceptors (Lipinski definition) is 4. The second kappa shape index (κ2) is 8.46. The Morgan fingerprint density at radius 1 is 1.00 bits per heavy atom. The topological polar surface area (TPSA) is 83.7 Å². The van der Waals surface area contributed by atoms with E-state index in [1.807, 2.05) is 12.1 Å². The van der Waals surface area contributed by atoms with Crippen LogP contribution >= 0.6 is 15.9 Å². The average molecular weight is 426 g/mol. The van der Waals surface area contributed by atoms with Gasteiger partial charge in [-0.15, -0.1) is 0 Å². The van der Waals surface area contributed by atoms with Gasteiger partial charge in [0.25, 0.3) is 11.8 Å². The van der Waals surface area contributed by atoms with E-state index in [1.54, 1.807) is 55.5 Å². The number of carbonyl (C=O) groups excluding carboxylic acids is 2. The highest BCUT2D eigenvalue weighted by Crippen LogP contribution is 2.16. The first-order chi connectivity index (χ1) is 13.0. The van der Waals surface area contributed by atoms with Crippen molar-refractivity contribution in [3.05, 3.63) is 88.3 Å². The molecule has 1 heterocycles. The Kier molecular flexibility index (Phi) is 5.83. The van der Waals surface area contributed by atoms with Gasteiger partial charge in [0, 0.05) is 10.2 Å². The third kappa shape index (κ3) is 4.71. The number of rotatable bonds is 5. The zero-order chi connectivity index (χ0) is 19.2. The molecule has 0 unspecified atom stereocenters. The second-order valence-electron chi connectivity index (χ2n) is 5.63. The molecular weight excluding hydrogens is 410 g/mol. The van der Waals surface area contributed by atoms with Crippen molar-refractivity contribution in [1.29, 1.82) is 0 Å². The Labute approximate surface area is 164 Å². The van der Waals surface area contributed by atoms with Gasteiger partial charge in [0.2, 0.25) is 0 Å². The normalized spacial score (nSPS) is 11.1. The molecule has 7 heteroatoms. The molecule has 1 aromatic heterocycles. The molecule has 0 fully saturated rings. The molecule has 6 nitrogen and oxygen atoms in total. The molecule has 0 radical (unpaired) electrons. The number of carbonyl (C=O) groups is 2. The van der Waals surface area contributed by atoms with E-state index >= 15 is 0 Å². The Balaban J connectivity index is 1.70. The average Bonchev–Trinajstić information content (AvgIpc) is 3.21. The minimum Gasteiger partial charge on any atom is -0.459 e. The summed E-state index contributed by atoms with van der Waals surface area (Å²) in [5.74, 6) is -0.426. The molecule has 0 saturated carbocycles. The summed E-state index contributed by atoms with van der Waals surface area (Å²) in [5, 5.41) is 6.90. The number of anilines is 1. The zero-order valence-electron chi connectivity index (χ0n) is 14.4. The molecule has 2 aromatic carbocycles. The van der Waals surface area contributed by atoms with E-state index in [0.717, 1.165) is 5.56 Å². The van der Waals surface area contributed by atoms with Crippen LogP contribution in [0.2, 0.25) is 0 Å². The van der Waals surface area contributed by atoms with Gasteiger partial charge in [-0.25, -0.2) is 5.43 Å². The van der Waals surface area contributed by atoms with Crippen molar-refractivity contribution in [2.24, 2.45) is 5.10 Å². The maximum absolute atomic E-state index is 12.2. The third-order valence-corrected chi connectivity index (χ3v) is 4.42. The highest BCUT2D eigenvalue weighted by atomic mass is 79.9. The van der Waals surface area contributed by atoms with Gasteiger partial charge in [-0.3, -0.25) is 9.59 Å². The number of hydrazone groups is 1.